The Kier molecular flexibility index (Phi) is 6.97. The molecule has 2 amide bonds. The van der Waals surface area contributed by atoms with Crippen molar-refractivity contribution in [2.75, 3.05) is 12.4 Å². The highest BCUT2D eigenvalue weighted by Gasteiger charge is 2.22. The first-order valence-electron chi connectivity index (χ1n) is 9.55. The number of amides is 2. The Balaban J connectivity index is 1.58. The summed E-state index contributed by atoms with van der Waals surface area (Å²) in [5, 5.41) is 3.73. The van der Waals surface area contributed by atoms with Crippen LogP contribution in [0.25, 0.3) is 0 Å². The molecule has 1 aliphatic carbocycles. The van der Waals surface area contributed by atoms with Gasteiger partial charge in [0.25, 0.3) is 5.91 Å². The van der Waals surface area contributed by atoms with Crippen LogP contribution in [0, 0.1) is 0 Å². The van der Waals surface area contributed by atoms with E-state index < -0.39 is 0 Å². The van der Waals surface area contributed by atoms with Gasteiger partial charge in [-0.3, -0.25) is 9.59 Å². The van der Waals surface area contributed by atoms with Crippen LogP contribution in [0.3, 0.4) is 0 Å². The van der Waals surface area contributed by atoms with E-state index in [1.54, 1.807) is 42.5 Å². The van der Waals surface area contributed by atoms with Gasteiger partial charge in [-0.05, 0) is 54.8 Å². The maximum absolute atomic E-state index is 12.7. The highest BCUT2D eigenvalue weighted by Crippen LogP contribution is 2.24. The molecule has 0 heterocycles. The molecule has 1 N–H and O–H groups in total. The molecule has 1 aliphatic rings. The molecule has 4 nitrogen and oxygen atoms in total. The Hall–Kier alpha value is -2.04. The number of halogens is 2. The lowest BCUT2D eigenvalue weighted by molar-refractivity contribution is -0.115. The second kappa shape index (κ2) is 9.44. The number of anilines is 1. The fraction of sp³-hybridized carbons (Fsp3) is 0.364. The average molecular weight is 419 g/mol. The van der Waals surface area contributed by atoms with Crippen molar-refractivity contribution in [3.63, 3.8) is 0 Å². The molecule has 0 aromatic heterocycles. The third-order valence-corrected chi connectivity index (χ3v) is 5.95. The predicted molar refractivity (Wildman–Crippen MR) is 114 cm³/mol. The van der Waals surface area contributed by atoms with Gasteiger partial charge in [-0.1, -0.05) is 48.5 Å². The molecule has 1 saturated carbocycles. The van der Waals surface area contributed by atoms with E-state index in [2.05, 4.69) is 5.32 Å². The zero-order valence-electron chi connectivity index (χ0n) is 15.9. The highest BCUT2D eigenvalue weighted by molar-refractivity contribution is 6.42. The third kappa shape index (κ3) is 5.27. The molecular weight excluding hydrogens is 395 g/mol. The minimum atomic E-state index is -0.156. The average Bonchev–Trinajstić information content (AvgIpc) is 2.71. The van der Waals surface area contributed by atoms with Crippen LogP contribution in [-0.2, 0) is 11.2 Å². The monoisotopic (exact) mass is 418 g/mol. The van der Waals surface area contributed by atoms with Crippen molar-refractivity contribution in [2.24, 2.45) is 0 Å². The van der Waals surface area contributed by atoms with Crippen LogP contribution in [0.2, 0.25) is 10.0 Å². The number of carbonyl (C=O) groups excluding carboxylic acids is 2. The van der Waals surface area contributed by atoms with Gasteiger partial charge >= 0.3 is 0 Å². The summed E-state index contributed by atoms with van der Waals surface area (Å²) in [4.78, 5) is 26.8. The Morgan fingerprint density at radius 2 is 1.68 bits per heavy atom. The minimum Gasteiger partial charge on any atom is -0.339 e. The van der Waals surface area contributed by atoms with Crippen molar-refractivity contribution < 1.29 is 9.59 Å². The number of rotatable bonds is 5. The lowest BCUT2D eigenvalue weighted by atomic mass is 9.94. The summed E-state index contributed by atoms with van der Waals surface area (Å²) in [6, 6.07) is 12.5. The third-order valence-electron chi connectivity index (χ3n) is 5.21. The fourth-order valence-corrected chi connectivity index (χ4v) is 3.89. The molecule has 0 radical (unpaired) electrons. The zero-order valence-corrected chi connectivity index (χ0v) is 17.4. The summed E-state index contributed by atoms with van der Waals surface area (Å²) in [7, 11) is 1.88. The molecule has 28 heavy (non-hydrogen) atoms. The van der Waals surface area contributed by atoms with Gasteiger partial charge in [-0.15, -0.1) is 0 Å². The smallest absolute Gasteiger partial charge is 0.253 e. The first-order valence-corrected chi connectivity index (χ1v) is 10.3. The lowest BCUT2D eigenvalue weighted by Gasteiger charge is -2.31. The molecule has 1 fully saturated rings. The zero-order chi connectivity index (χ0) is 20.1. The SMILES string of the molecule is CN(C(=O)c1ccc(NC(=O)Cc2ccc(Cl)c(Cl)c2)cc1)C1CCCCC1. The molecule has 0 saturated heterocycles. The standard InChI is InChI=1S/C22H24Cl2N2O2/c1-26(18-5-3-2-4-6-18)22(28)16-8-10-17(11-9-16)25-21(27)14-15-7-12-19(23)20(24)13-15/h7-13,18H,2-6,14H2,1H3,(H,25,27). The first-order chi connectivity index (χ1) is 13.4. The topological polar surface area (TPSA) is 49.4 Å². The van der Waals surface area contributed by atoms with Gasteiger partial charge in [0.15, 0.2) is 0 Å². The molecule has 0 bridgehead atoms. The van der Waals surface area contributed by atoms with Crippen molar-refractivity contribution in [3.8, 4) is 0 Å². The van der Waals surface area contributed by atoms with Gasteiger partial charge in [-0.2, -0.15) is 0 Å². The molecule has 6 heteroatoms. The maximum Gasteiger partial charge on any atom is 0.253 e. The Labute approximate surface area is 175 Å². The maximum atomic E-state index is 12.7. The largest absolute Gasteiger partial charge is 0.339 e. The molecule has 0 aliphatic heterocycles. The second-order valence-corrected chi connectivity index (χ2v) is 8.07. The number of benzene rings is 2. The molecule has 0 unspecified atom stereocenters. The van der Waals surface area contributed by atoms with Crippen LogP contribution in [0.1, 0.15) is 48.0 Å². The summed E-state index contributed by atoms with van der Waals surface area (Å²) >= 11 is 11.9. The van der Waals surface area contributed by atoms with Gasteiger partial charge in [0.1, 0.15) is 0 Å². The van der Waals surface area contributed by atoms with Crippen LogP contribution in [0.15, 0.2) is 42.5 Å². The molecule has 3 rings (SSSR count). The van der Waals surface area contributed by atoms with Crippen molar-refractivity contribution in [1.82, 2.24) is 4.90 Å². The van der Waals surface area contributed by atoms with Gasteiger partial charge in [-0.25, -0.2) is 0 Å². The van der Waals surface area contributed by atoms with E-state index in [-0.39, 0.29) is 18.2 Å². The van der Waals surface area contributed by atoms with Crippen LogP contribution < -0.4 is 5.32 Å². The van der Waals surface area contributed by atoms with Crippen LogP contribution in [0.4, 0.5) is 5.69 Å². The lowest BCUT2D eigenvalue weighted by Crippen LogP contribution is -2.38. The number of hydrogen-bond acceptors (Lipinski definition) is 2. The molecule has 148 valence electrons. The second-order valence-electron chi connectivity index (χ2n) is 7.26. The quantitative estimate of drug-likeness (QED) is 0.688. The summed E-state index contributed by atoms with van der Waals surface area (Å²) in [5.41, 5.74) is 2.07. The number of nitrogens with one attached hydrogen (secondary N) is 1. The summed E-state index contributed by atoms with van der Waals surface area (Å²) in [6.07, 6.45) is 5.98. The van der Waals surface area contributed by atoms with E-state index in [9.17, 15) is 9.59 Å². The van der Waals surface area contributed by atoms with Crippen molar-refractivity contribution in [3.05, 3.63) is 63.6 Å². The van der Waals surface area contributed by atoms with Gasteiger partial charge in [0.05, 0.1) is 16.5 Å². The Bertz CT molecular complexity index is 846. The fourth-order valence-electron chi connectivity index (χ4n) is 3.57. The van der Waals surface area contributed by atoms with Crippen LogP contribution in [-0.4, -0.2) is 29.8 Å². The number of carbonyl (C=O) groups is 2. The molecule has 2 aromatic rings. The molecular formula is C22H24Cl2N2O2. The van der Waals surface area contributed by atoms with E-state index in [0.29, 0.717) is 27.3 Å². The van der Waals surface area contributed by atoms with Gasteiger partial charge < -0.3 is 10.2 Å². The minimum absolute atomic E-state index is 0.0283. The van der Waals surface area contributed by atoms with E-state index >= 15 is 0 Å². The van der Waals surface area contributed by atoms with Gasteiger partial charge in [0.2, 0.25) is 5.91 Å². The van der Waals surface area contributed by atoms with E-state index in [0.717, 1.165) is 18.4 Å². The van der Waals surface area contributed by atoms with Gasteiger partial charge in [0, 0.05) is 24.3 Å². The number of hydrogen-bond donors (Lipinski definition) is 1. The first kappa shape index (κ1) is 20.7. The summed E-state index contributed by atoms with van der Waals surface area (Å²) in [5.74, 6) is -0.127. The van der Waals surface area contributed by atoms with Crippen LogP contribution in [0.5, 0.6) is 0 Å². The molecule has 2 aromatic carbocycles. The van der Waals surface area contributed by atoms with Crippen molar-refractivity contribution in [1.29, 1.82) is 0 Å². The van der Waals surface area contributed by atoms with E-state index in [4.69, 9.17) is 23.2 Å². The number of nitrogens with zero attached hydrogens (tertiary/aromatic N) is 1. The Morgan fingerprint density at radius 1 is 1.00 bits per heavy atom. The van der Waals surface area contributed by atoms with Crippen LogP contribution >= 0.6 is 23.2 Å². The molecule has 0 atom stereocenters. The van der Waals surface area contributed by atoms with E-state index in [1.807, 2.05) is 11.9 Å². The van der Waals surface area contributed by atoms with Crippen molar-refractivity contribution in [2.45, 2.75) is 44.6 Å². The predicted octanol–water partition coefficient (Wildman–Crippen LogP) is 5.58. The normalized spacial score (nSPS) is 14.5. The highest BCUT2D eigenvalue weighted by atomic mass is 35.5. The van der Waals surface area contributed by atoms with Crippen molar-refractivity contribution >= 4 is 40.7 Å². The summed E-state index contributed by atoms with van der Waals surface area (Å²) < 4.78 is 0. The Morgan fingerprint density at radius 3 is 2.32 bits per heavy atom. The van der Waals surface area contributed by atoms with E-state index in [1.165, 1.54) is 19.3 Å². The summed E-state index contributed by atoms with van der Waals surface area (Å²) in [6.45, 7) is 0. The molecule has 0 spiro atoms.